The predicted octanol–water partition coefficient (Wildman–Crippen LogP) is 2.07. The van der Waals surface area contributed by atoms with Gasteiger partial charge in [-0.05, 0) is 22.0 Å². The third kappa shape index (κ3) is 0.903. The number of hydrogen-bond donors (Lipinski definition) is 2. The largest absolute Gasteiger partial charge is 0.347 e. The van der Waals surface area contributed by atoms with Gasteiger partial charge in [-0.25, -0.2) is 0 Å². The molecule has 2 aromatic heterocycles. The Labute approximate surface area is 70.9 Å². The molecule has 3 nitrogen and oxygen atoms in total. The lowest BCUT2D eigenvalue weighted by molar-refractivity contribution is 0.112. The highest BCUT2D eigenvalue weighted by molar-refractivity contribution is 9.10. The van der Waals surface area contributed by atoms with Crippen molar-refractivity contribution in [1.29, 1.82) is 0 Å². The number of aldehydes is 1. The normalized spacial score (nSPS) is 10.6. The van der Waals surface area contributed by atoms with E-state index in [4.69, 9.17) is 0 Å². The second-order valence-corrected chi connectivity index (χ2v) is 3.12. The molecule has 0 aliphatic heterocycles. The molecule has 2 N–H and O–H groups in total. The van der Waals surface area contributed by atoms with Crippen molar-refractivity contribution in [2.75, 3.05) is 0 Å². The zero-order valence-electron chi connectivity index (χ0n) is 5.52. The minimum Gasteiger partial charge on any atom is -0.347 e. The van der Waals surface area contributed by atoms with Crippen LogP contribution in [-0.4, -0.2) is 16.3 Å². The van der Waals surface area contributed by atoms with Gasteiger partial charge < -0.3 is 9.97 Å². The molecule has 0 bridgehead atoms. The SMILES string of the molecule is O=Cc1cc2c(Br)c[nH]c2[nH]1. The fraction of sp³-hybridized carbons (Fsp3) is 0. The standard InChI is InChI=1S/C7H5BrN2O/c8-6-2-9-7-5(6)1-4(3-11)10-7/h1-3,9-10H. The topological polar surface area (TPSA) is 48.6 Å². The first-order valence-corrected chi connectivity index (χ1v) is 3.91. The molecule has 0 saturated heterocycles. The second-order valence-electron chi connectivity index (χ2n) is 2.27. The number of H-pyrrole nitrogens is 2. The zero-order chi connectivity index (χ0) is 7.84. The van der Waals surface area contributed by atoms with Gasteiger partial charge in [-0.2, -0.15) is 0 Å². The number of carbonyl (C=O) groups excluding carboxylic acids is 1. The van der Waals surface area contributed by atoms with Crippen LogP contribution in [0.15, 0.2) is 16.7 Å². The molecule has 4 heteroatoms. The van der Waals surface area contributed by atoms with E-state index in [1.165, 1.54) is 0 Å². The first-order valence-electron chi connectivity index (χ1n) is 3.12. The lowest BCUT2D eigenvalue weighted by atomic mass is 10.4. The van der Waals surface area contributed by atoms with Gasteiger partial charge in [0.05, 0.1) is 5.69 Å². The molecule has 0 spiro atoms. The molecule has 0 fully saturated rings. The zero-order valence-corrected chi connectivity index (χ0v) is 7.10. The van der Waals surface area contributed by atoms with Crippen molar-refractivity contribution in [3.05, 3.63) is 22.4 Å². The van der Waals surface area contributed by atoms with Crippen LogP contribution < -0.4 is 0 Å². The minimum absolute atomic E-state index is 0.590. The molecule has 56 valence electrons. The lowest BCUT2D eigenvalue weighted by Gasteiger charge is -1.76. The summed E-state index contributed by atoms with van der Waals surface area (Å²) in [5.74, 6) is 0. The summed E-state index contributed by atoms with van der Waals surface area (Å²) in [6.07, 6.45) is 2.62. The van der Waals surface area contributed by atoms with Crippen molar-refractivity contribution in [3.63, 3.8) is 0 Å². The average molecular weight is 213 g/mol. The molecule has 0 aliphatic carbocycles. The summed E-state index contributed by atoms with van der Waals surface area (Å²) in [6, 6.07) is 1.79. The highest BCUT2D eigenvalue weighted by atomic mass is 79.9. The van der Waals surface area contributed by atoms with E-state index in [0.717, 1.165) is 21.8 Å². The van der Waals surface area contributed by atoms with E-state index in [1.54, 1.807) is 6.07 Å². The van der Waals surface area contributed by atoms with Crippen molar-refractivity contribution in [2.45, 2.75) is 0 Å². The van der Waals surface area contributed by atoms with Crippen LogP contribution in [0.4, 0.5) is 0 Å². The Bertz CT molecular complexity index is 401. The van der Waals surface area contributed by atoms with E-state index in [9.17, 15) is 4.79 Å². The molecule has 11 heavy (non-hydrogen) atoms. The van der Waals surface area contributed by atoms with Crippen LogP contribution in [0, 0.1) is 0 Å². The first kappa shape index (κ1) is 6.67. The molecule has 0 amide bonds. The Balaban J connectivity index is 2.79. The van der Waals surface area contributed by atoms with Crippen molar-refractivity contribution >= 4 is 33.2 Å². The molecule has 0 aromatic carbocycles. The first-order chi connectivity index (χ1) is 5.31. The average Bonchev–Trinajstić information content (AvgIpc) is 2.53. The molecular formula is C7H5BrN2O. The van der Waals surface area contributed by atoms with Crippen LogP contribution in [0.25, 0.3) is 11.0 Å². The molecular weight excluding hydrogens is 208 g/mol. The highest BCUT2D eigenvalue weighted by Crippen LogP contribution is 2.23. The van der Waals surface area contributed by atoms with Gasteiger partial charge >= 0.3 is 0 Å². The number of carbonyl (C=O) groups is 1. The summed E-state index contributed by atoms with van der Waals surface area (Å²) >= 11 is 3.34. The van der Waals surface area contributed by atoms with Crippen LogP contribution >= 0.6 is 15.9 Å². The molecule has 0 atom stereocenters. The van der Waals surface area contributed by atoms with Gasteiger partial charge in [-0.15, -0.1) is 0 Å². The van der Waals surface area contributed by atoms with E-state index in [2.05, 4.69) is 25.9 Å². The van der Waals surface area contributed by atoms with Crippen LogP contribution in [0.5, 0.6) is 0 Å². The van der Waals surface area contributed by atoms with Crippen LogP contribution in [0.2, 0.25) is 0 Å². The summed E-state index contributed by atoms with van der Waals surface area (Å²) in [5, 5.41) is 1.01. The van der Waals surface area contributed by atoms with Gasteiger partial charge in [0.2, 0.25) is 0 Å². The summed E-state index contributed by atoms with van der Waals surface area (Å²) in [6.45, 7) is 0. The molecule has 0 radical (unpaired) electrons. The third-order valence-electron chi connectivity index (χ3n) is 1.57. The third-order valence-corrected chi connectivity index (χ3v) is 2.22. The minimum atomic E-state index is 0.590. The van der Waals surface area contributed by atoms with E-state index in [-0.39, 0.29) is 0 Å². The quantitative estimate of drug-likeness (QED) is 0.700. The van der Waals surface area contributed by atoms with E-state index in [0.29, 0.717) is 5.69 Å². The Kier molecular flexibility index (Phi) is 1.35. The Morgan fingerprint density at radius 3 is 3.00 bits per heavy atom. The highest BCUT2D eigenvalue weighted by Gasteiger charge is 2.03. The monoisotopic (exact) mass is 212 g/mol. The van der Waals surface area contributed by atoms with Gasteiger partial charge in [0, 0.05) is 16.1 Å². The van der Waals surface area contributed by atoms with Gasteiger partial charge in [-0.1, -0.05) is 0 Å². The Hall–Kier alpha value is -1.03. The van der Waals surface area contributed by atoms with Gasteiger partial charge in [0.25, 0.3) is 0 Å². The molecule has 2 aromatic rings. The lowest BCUT2D eigenvalue weighted by Crippen LogP contribution is -1.75. The molecule has 0 saturated carbocycles. The Morgan fingerprint density at radius 1 is 1.55 bits per heavy atom. The van der Waals surface area contributed by atoms with E-state index >= 15 is 0 Å². The summed E-state index contributed by atoms with van der Waals surface area (Å²) in [4.78, 5) is 16.2. The molecule has 2 rings (SSSR count). The smallest absolute Gasteiger partial charge is 0.166 e. The fourth-order valence-corrected chi connectivity index (χ4v) is 1.48. The van der Waals surface area contributed by atoms with Crippen LogP contribution in [-0.2, 0) is 0 Å². The second kappa shape index (κ2) is 2.23. The van der Waals surface area contributed by atoms with Crippen molar-refractivity contribution in [1.82, 2.24) is 9.97 Å². The van der Waals surface area contributed by atoms with Gasteiger partial charge in [0.1, 0.15) is 5.65 Å². The van der Waals surface area contributed by atoms with Crippen molar-refractivity contribution in [3.8, 4) is 0 Å². The molecule has 0 unspecified atom stereocenters. The Morgan fingerprint density at radius 2 is 2.36 bits per heavy atom. The molecule has 0 aliphatic rings. The van der Waals surface area contributed by atoms with E-state index < -0.39 is 0 Å². The number of aromatic nitrogens is 2. The predicted molar refractivity (Wildman–Crippen MR) is 45.7 cm³/mol. The van der Waals surface area contributed by atoms with Gasteiger partial charge in [0.15, 0.2) is 6.29 Å². The maximum atomic E-state index is 10.3. The summed E-state index contributed by atoms with van der Waals surface area (Å²) in [7, 11) is 0. The number of aromatic amines is 2. The van der Waals surface area contributed by atoms with Crippen molar-refractivity contribution < 1.29 is 4.79 Å². The van der Waals surface area contributed by atoms with Crippen LogP contribution in [0.3, 0.4) is 0 Å². The van der Waals surface area contributed by atoms with Crippen molar-refractivity contribution in [2.24, 2.45) is 0 Å². The number of nitrogens with one attached hydrogen (secondary N) is 2. The number of rotatable bonds is 1. The summed E-state index contributed by atoms with van der Waals surface area (Å²) < 4.78 is 0.969. The summed E-state index contributed by atoms with van der Waals surface area (Å²) in [5.41, 5.74) is 1.46. The number of hydrogen-bond acceptors (Lipinski definition) is 1. The maximum Gasteiger partial charge on any atom is 0.166 e. The number of halogens is 1. The van der Waals surface area contributed by atoms with E-state index in [1.807, 2.05) is 6.20 Å². The van der Waals surface area contributed by atoms with Crippen LogP contribution in [0.1, 0.15) is 10.5 Å². The fourth-order valence-electron chi connectivity index (χ4n) is 1.05. The molecule has 2 heterocycles. The maximum absolute atomic E-state index is 10.3. The van der Waals surface area contributed by atoms with Gasteiger partial charge in [-0.3, -0.25) is 4.79 Å². The number of fused-ring (bicyclic) bond motifs is 1.